The van der Waals surface area contributed by atoms with Crippen LogP contribution >= 0.6 is 0 Å². The van der Waals surface area contributed by atoms with Crippen LogP contribution in [0.15, 0.2) is 39.7 Å². The Balaban J connectivity index is 1.69. The maximum absolute atomic E-state index is 13.8. The van der Waals surface area contributed by atoms with E-state index in [9.17, 15) is 4.39 Å². The number of hydrogen-bond donors (Lipinski definition) is 2. The Morgan fingerprint density at radius 3 is 2.62 bits per heavy atom. The molecule has 0 radical (unpaired) electrons. The molecule has 3 rings (SSSR count). The SMILES string of the molecule is CCNC(=NCc1ccc(C)c(F)c1)NCC(c1ccc(C)o1)N1CCOCC1. The largest absolute Gasteiger partial charge is 0.465 e. The zero-order valence-electron chi connectivity index (χ0n) is 17.5. The molecular formula is C22H31FN4O2. The second-order valence-corrected chi connectivity index (χ2v) is 7.27. The number of furan rings is 1. The third kappa shape index (κ3) is 6.05. The summed E-state index contributed by atoms with van der Waals surface area (Å²) < 4.78 is 25.2. The van der Waals surface area contributed by atoms with Crippen molar-refractivity contribution >= 4 is 5.96 Å². The van der Waals surface area contributed by atoms with E-state index in [1.54, 1.807) is 19.1 Å². The summed E-state index contributed by atoms with van der Waals surface area (Å²) >= 11 is 0. The van der Waals surface area contributed by atoms with Gasteiger partial charge in [0.15, 0.2) is 5.96 Å². The summed E-state index contributed by atoms with van der Waals surface area (Å²) in [6.45, 7) is 10.7. The number of benzene rings is 1. The van der Waals surface area contributed by atoms with Gasteiger partial charge in [-0.1, -0.05) is 12.1 Å². The van der Waals surface area contributed by atoms with Crippen molar-refractivity contribution in [3.05, 3.63) is 58.8 Å². The predicted molar refractivity (Wildman–Crippen MR) is 113 cm³/mol. The van der Waals surface area contributed by atoms with Gasteiger partial charge < -0.3 is 19.8 Å². The minimum absolute atomic E-state index is 0.0910. The first-order valence-corrected chi connectivity index (χ1v) is 10.2. The van der Waals surface area contributed by atoms with E-state index < -0.39 is 0 Å². The molecule has 2 heterocycles. The molecule has 0 saturated carbocycles. The molecule has 1 aromatic heterocycles. The first-order valence-electron chi connectivity index (χ1n) is 10.2. The number of ether oxygens (including phenoxy) is 1. The monoisotopic (exact) mass is 402 g/mol. The van der Waals surface area contributed by atoms with Gasteiger partial charge in [0.2, 0.25) is 0 Å². The van der Waals surface area contributed by atoms with Crippen LogP contribution in [-0.4, -0.2) is 50.3 Å². The highest BCUT2D eigenvalue weighted by atomic mass is 19.1. The number of rotatable bonds is 7. The Labute approximate surface area is 172 Å². The number of nitrogens with zero attached hydrogens (tertiary/aromatic N) is 2. The highest BCUT2D eigenvalue weighted by Crippen LogP contribution is 2.23. The fourth-order valence-corrected chi connectivity index (χ4v) is 3.37. The van der Waals surface area contributed by atoms with E-state index in [2.05, 4.69) is 20.5 Å². The zero-order chi connectivity index (χ0) is 20.6. The molecular weight excluding hydrogens is 371 g/mol. The Bertz CT molecular complexity index is 815. The van der Waals surface area contributed by atoms with Crippen molar-refractivity contribution in [1.29, 1.82) is 0 Å². The van der Waals surface area contributed by atoms with Crippen molar-refractivity contribution in [2.75, 3.05) is 39.4 Å². The molecule has 1 saturated heterocycles. The lowest BCUT2D eigenvalue weighted by atomic mass is 10.1. The number of nitrogens with one attached hydrogen (secondary N) is 2. The molecule has 0 bridgehead atoms. The average Bonchev–Trinajstić information content (AvgIpc) is 3.15. The molecule has 1 unspecified atom stereocenters. The van der Waals surface area contributed by atoms with Crippen LogP contribution in [0.5, 0.6) is 0 Å². The average molecular weight is 403 g/mol. The molecule has 0 aliphatic carbocycles. The zero-order valence-corrected chi connectivity index (χ0v) is 17.5. The van der Waals surface area contributed by atoms with Crippen LogP contribution in [0.1, 0.15) is 35.6 Å². The van der Waals surface area contributed by atoms with E-state index in [0.29, 0.717) is 24.6 Å². The van der Waals surface area contributed by atoms with Gasteiger partial charge in [0.1, 0.15) is 17.3 Å². The summed E-state index contributed by atoms with van der Waals surface area (Å²) in [5, 5.41) is 6.69. The van der Waals surface area contributed by atoms with Crippen LogP contribution in [0.4, 0.5) is 4.39 Å². The summed E-state index contributed by atoms with van der Waals surface area (Å²) in [5.41, 5.74) is 1.49. The van der Waals surface area contributed by atoms with Crippen molar-refractivity contribution in [3.8, 4) is 0 Å². The summed E-state index contributed by atoms with van der Waals surface area (Å²) in [6.07, 6.45) is 0. The normalized spacial score (nSPS) is 16.6. The van der Waals surface area contributed by atoms with E-state index >= 15 is 0 Å². The molecule has 1 aliphatic rings. The molecule has 29 heavy (non-hydrogen) atoms. The van der Waals surface area contributed by atoms with Crippen molar-refractivity contribution in [1.82, 2.24) is 15.5 Å². The molecule has 7 heteroatoms. The summed E-state index contributed by atoms with van der Waals surface area (Å²) in [4.78, 5) is 6.99. The molecule has 158 valence electrons. The van der Waals surface area contributed by atoms with E-state index in [-0.39, 0.29) is 11.9 Å². The van der Waals surface area contributed by atoms with Gasteiger partial charge in [-0.25, -0.2) is 9.38 Å². The highest BCUT2D eigenvalue weighted by molar-refractivity contribution is 5.79. The fourth-order valence-electron chi connectivity index (χ4n) is 3.37. The molecule has 6 nitrogen and oxygen atoms in total. The summed E-state index contributed by atoms with van der Waals surface area (Å²) in [6, 6.07) is 9.37. The lowest BCUT2D eigenvalue weighted by Crippen LogP contribution is -2.46. The first kappa shape index (κ1) is 21.3. The van der Waals surface area contributed by atoms with Gasteiger partial charge in [0.05, 0.1) is 25.8 Å². The topological polar surface area (TPSA) is 62.0 Å². The number of aryl methyl sites for hydroxylation is 2. The van der Waals surface area contributed by atoms with E-state index in [1.165, 1.54) is 0 Å². The van der Waals surface area contributed by atoms with Crippen molar-refractivity contribution in [2.24, 2.45) is 4.99 Å². The minimum Gasteiger partial charge on any atom is -0.465 e. The van der Waals surface area contributed by atoms with Gasteiger partial charge in [0, 0.05) is 26.2 Å². The van der Waals surface area contributed by atoms with Crippen LogP contribution in [-0.2, 0) is 11.3 Å². The van der Waals surface area contributed by atoms with Crippen LogP contribution in [0.3, 0.4) is 0 Å². The second-order valence-electron chi connectivity index (χ2n) is 7.27. The number of halogens is 1. The third-order valence-electron chi connectivity index (χ3n) is 5.04. The number of morpholine rings is 1. The van der Waals surface area contributed by atoms with Crippen LogP contribution < -0.4 is 10.6 Å². The molecule has 1 fully saturated rings. The molecule has 1 atom stereocenters. The fraction of sp³-hybridized carbons (Fsp3) is 0.500. The lowest BCUT2D eigenvalue weighted by molar-refractivity contribution is 0.0124. The second kappa shape index (κ2) is 10.4. The predicted octanol–water partition coefficient (Wildman–Crippen LogP) is 3.16. The Kier molecular flexibility index (Phi) is 7.66. The van der Waals surface area contributed by atoms with Crippen LogP contribution in [0.25, 0.3) is 0 Å². The highest BCUT2D eigenvalue weighted by Gasteiger charge is 2.25. The smallest absolute Gasteiger partial charge is 0.191 e. The molecule has 0 spiro atoms. The first-order chi connectivity index (χ1) is 14.1. The van der Waals surface area contributed by atoms with Crippen LogP contribution in [0.2, 0.25) is 0 Å². The van der Waals surface area contributed by atoms with Crippen molar-refractivity contribution in [3.63, 3.8) is 0 Å². The lowest BCUT2D eigenvalue weighted by Gasteiger charge is -2.33. The van der Waals surface area contributed by atoms with Gasteiger partial charge in [-0.2, -0.15) is 0 Å². The number of hydrogen-bond acceptors (Lipinski definition) is 4. The summed E-state index contributed by atoms with van der Waals surface area (Å²) in [5.74, 6) is 2.35. The third-order valence-corrected chi connectivity index (χ3v) is 5.04. The molecule has 1 aromatic carbocycles. The van der Waals surface area contributed by atoms with Gasteiger partial charge >= 0.3 is 0 Å². The molecule has 0 amide bonds. The number of guanidine groups is 1. The Morgan fingerprint density at radius 2 is 1.97 bits per heavy atom. The number of aliphatic imine (C=N–C) groups is 1. The maximum Gasteiger partial charge on any atom is 0.191 e. The van der Waals surface area contributed by atoms with Gasteiger partial charge in [-0.05, 0) is 50.1 Å². The minimum atomic E-state index is -0.198. The Morgan fingerprint density at radius 1 is 1.17 bits per heavy atom. The van der Waals surface area contributed by atoms with Crippen molar-refractivity contribution < 1.29 is 13.5 Å². The molecule has 2 aromatic rings. The van der Waals surface area contributed by atoms with Gasteiger partial charge in [0.25, 0.3) is 0 Å². The quantitative estimate of drug-likeness (QED) is 0.550. The van der Waals surface area contributed by atoms with E-state index in [1.807, 2.05) is 32.0 Å². The molecule has 1 aliphatic heterocycles. The van der Waals surface area contributed by atoms with Gasteiger partial charge in [-0.15, -0.1) is 0 Å². The van der Waals surface area contributed by atoms with Gasteiger partial charge in [-0.3, -0.25) is 4.90 Å². The molecule has 2 N–H and O–H groups in total. The standard InChI is InChI=1S/C22H31FN4O2/c1-4-24-22(25-14-18-7-5-16(2)19(23)13-18)26-15-20(21-8-6-17(3)29-21)27-9-11-28-12-10-27/h5-8,13,20H,4,9-12,14-15H2,1-3H3,(H2,24,25,26). The summed E-state index contributed by atoms with van der Waals surface area (Å²) in [7, 11) is 0. The van der Waals surface area contributed by atoms with Crippen LogP contribution in [0, 0.1) is 19.7 Å². The Hall–Kier alpha value is -2.38. The van der Waals surface area contributed by atoms with E-state index in [0.717, 1.165) is 49.9 Å². The van der Waals surface area contributed by atoms with E-state index in [4.69, 9.17) is 9.15 Å². The van der Waals surface area contributed by atoms with Crippen molar-refractivity contribution in [2.45, 2.75) is 33.4 Å². The maximum atomic E-state index is 13.8.